The summed E-state index contributed by atoms with van der Waals surface area (Å²) in [5.74, 6) is 0.862. The Morgan fingerprint density at radius 3 is 2.62 bits per heavy atom. The molecule has 0 unspecified atom stereocenters. The van der Waals surface area contributed by atoms with Gasteiger partial charge in [0.25, 0.3) is 5.91 Å². The Morgan fingerprint density at radius 2 is 2.00 bits per heavy atom. The zero-order chi connectivity index (χ0) is 14.8. The molecule has 2 aliphatic rings. The van der Waals surface area contributed by atoms with E-state index in [1.807, 2.05) is 25.1 Å². The van der Waals surface area contributed by atoms with Crippen LogP contribution in [0.25, 0.3) is 0 Å². The van der Waals surface area contributed by atoms with Crippen molar-refractivity contribution in [3.05, 3.63) is 33.8 Å². The van der Waals surface area contributed by atoms with Gasteiger partial charge < -0.3 is 10.2 Å². The molecule has 3 rings (SSSR count). The summed E-state index contributed by atoms with van der Waals surface area (Å²) in [5, 5.41) is 3.40. The molecular formula is C17H23BrN2O. The molecule has 1 heterocycles. The SMILES string of the molecule is Cc1ccc(C(=O)N(CC2CCNCC2)C2CC2)cc1Br. The summed E-state index contributed by atoms with van der Waals surface area (Å²) >= 11 is 3.54. The number of carbonyl (C=O) groups excluding carboxylic acids is 1. The number of piperidine rings is 1. The summed E-state index contributed by atoms with van der Waals surface area (Å²) in [6.07, 6.45) is 4.72. The zero-order valence-electron chi connectivity index (χ0n) is 12.6. The van der Waals surface area contributed by atoms with Crippen molar-refractivity contribution in [3.8, 4) is 0 Å². The lowest BCUT2D eigenvalue weighted by Gasteiger charge is -2.30. The van der Waals surface area contributed by atoms with Crippen LogP contribution in [0.5, 0.6) is 0 Å². The molecular weight excluding hydrogens is 328 g/mol. The van der Waals surface area contributed by atoms with Crippen LogP contribution in [-0.4, -0.2) is 36.5 Å². The molecule has 2 fully saturated rings. The Bertz CT molecular complexity index is 522. The summed E-state index contributed by atoms with van der Waals surface area (Å²) in [6.45, 7) is 5.16. The van der Waals surface area contributed by atoms with Crippen LogP contribution in [0.4, 0.5) is 0 Å². The van der Waals surface area contributed by atoms with E-state index in [1.165, 1.54) is 31.2 Å². The highest BCUT2D eigenvalue weighted by atomic mass is 79.9. The maximum Gasteiger partial charge on any atom is 0.254 e. The first-order valence-electron chi connectivity index (χ1n) is 7.93. The lowest BCUT2D eigenvalue weighted by molar-refractivity contribution is 0.0701. The quantitative estimate of drug-likeness (QED) is 0.902. The van der Waals surface area contributed by atoms with E-state index >= 15 is 0 Å². The maximum absolute atomic E-state index is 12.9. The van der Waals surface area contributed by atoms with Gasteiger partial charge in [-0.15, -0.1) is 0 Å². The lowest BCUT2D eigenvalue weighted by Crippen LogP contribution is -2.40. The third-order valence-corrected chi connectivity index (χ3v) is 5.44. The van der Waals surface area contributed by atoms with Crippen molar-refractivity contribution in [2.24, 2.45) is 5.92 Å². The molecule has 21 heavy (non-hydrogen) atoms. The van der Waals surface area contributed by atoms with E-state index in [0.717, 1.165) is 29.7 Å². The van der Waals surface area contributed by atoms with Crippen molar-refractivity contribution in [1.82, 2.24) is 10.2 Å². The predicted octanol–water partition coefficient (Wildman–Crippen LogP) is 3.36. The molecule has 0 bridgehead atoms. The van der Waals surface area contributed by atoms with Gasteiger partial charge in [0, 0.05) is 22.6 Å². The highest BCUT2D eigenvalue weighted by Gasteiger charge is 2.34. The van der Waals surface area contributed by atoms with Gasteiger partial charge in [-0.05, 0) is 69.3 Å². The van der Waals surface area contributed by atoms with Crippen LogP contribution >= 0.6 is 15.9 Å². The van der Waals surface area contributed by atoms with Gasteiger partial charge in [-0.2, -0.15) is 0 Å². The average molecular weight is 351 g/mol. The molecule has 3 nitrogen and oxygen atoms in total. The van der Waals surface area contributed by atoms with E-state index in [0.29, 0.717) is 12.0 Å². The van der Waals surface area contributed by atoms with E-state index in [4.69, 9.17) is 0 Å². The number of halogens is 1. The van der Waals surface area contributed by atoms with Gasteiger partial charge in [0.15, 0.2) is 0 Å². The number of hydrogen-bond donors (Lipinski definition) is 1. The normalized spacial score (nSPS) is 19.5. The molecule has 4 heteroatoms. The molecule has 1 aromatic carbocycles. The van der Waals surface area contributed by atoms with Crippen LogP contribution in [-0.2, 0) is 0 Å². The molecule has 1 N–H and O–H groups in total. The van der Waals surface area contributed by atoms with Crippen LogP contribution in [0.15, 0.2) is 22.7 Å². The van der Waals surface area contributed by atoms with Crippen LogP contribution < -0.4 is 5.32 Å². The van der Waals surface area contributed by atoms with E-state index in [-0.39, 0.29) is 5.91 Å². The average Bonchev–Trinajstić information content (AvgIpc) is 3.33. The number of rotatable bonds is 4. The molecule has 0 radical (unpaired) electrons. The van der Waals surface area contributed by atoms with Crippen LogP contribution in [0.2, 0.25) is 0 Å². The maximum atomic E-state index is 12.9. The molecule has 1 aliphatic heterocycles. The fourth-order valence-electron chi connectivity index (χ4n) is 3.02. The lowest BCUT2D eigenvalue weighted by atomic mass is 9.97. The number of nitrogens with zero attached hydrogens (tertiary/aromatic N) is 1. The number of aryl methyl sites for hydroxylation is 1. The van der Waals surface area contributed by atoms with E-state index < -0.39 is 0 Å². The highest BCUT2D eigenvalue weighted by molar-refractivity contribution is 9.10. The Morgan fingerprint density at radius 1 is 1.29 bits per heavy atom. The number of benzene rings is 1. The monoisotopic (exact) mass is 350 g/mol. The number of nitrogens with one attached hydrogen (secondary N) is 1. The van der Waals surface area contributed by atoms with Gasteiger partial charge in [-0.25, -0.2) is 0 Å². The summed E-state index contributed by atoms with van der Waals surface area (Å²) < 4.78 is 1.02. The molecule has 1 aromatic rings. The van der Waals surface area contributed by atoms with Crippen molar-refractivity contribution in [3.63, 3.8) is 0 Å². The van der Waals surface area contributed by atoms with E-state index in [1.54, 1.807) is 0 Å². The summed E-state index contributed by atoms with van der Waals surface area (Å²) in [4.78, 5) is 15.0. The zero-order valence-corrected chi connectivity index (χ0v) is 14.2. The second-order valence-electron chi connectivity index (χ2n) is 6.35. The third-order valence-electron chi connectivity index (χ3n) is 4.58. The number of carbonyl (C=O) groups is 1. The van der Waals surface area contributed by atoms with Gasteiger partial charge >= 0.3 is 0 Å². The molecule has 1 saturated heterocycles. The molecule has 1 amide bonds. The van der Waals surface area contributed by atoms with E-state index in [2.05, 4.69) is 26.1 Å². The van der Waals surface area contributed by atoms with Gasteiger partial charge in [0.1, 0.15) is 0 Å². The number of amides is 1. The van der Waals surface area contributed by atoms with Gasteiger partial charge in [0.05, 0.1) is 0 Å². The topological polar surface area (TPSA) is 32.3 Å². The smallest absolute Gasteiger partial charge is 0.254 e. The fourth-order valence-corrected chi connectivity index (χ4v) is 3.40. The van der Waals surface area contributed by atoms with Crippen molar-refractivity contribution < 1.29 is 4.79 Å². The van der Waals surface area contributed by atoms with Gasteiger partial charge in [-0.1, -0.05) is 22.0 Å². The minimum atomic E-state index is 0.205. The van der Waals surface area contributed by atoms with Gasteiger partial charge in [-0.3, -0.25) is 4.79 Å². The van der Waals surface area contributed by atoms with Crippen molar-refractivity contribution in [2.45, 2.75) is 38.6 Å². The largest absolute Gasteiger partial charge is 0.335 e. The molecule has 0 aromatic heterocycles. The Hall–Kier alpha value is -0.870. The molecule has 0 atom stereocenters. The molecule has 114 valence electrons. The third kappa shape index (κ3) is 3.67. The Balaban J connectivity index is 1.73. The minimum absolute atomic E-state index is 0.205. The minimum Gasteiger partial charge on any atom is -0.335 e. The van der Waals surface area contributed by atoms with Crippen LogP contribution in [0, 0.1) is 12.8 Å². The van der Waals surface area contributed by atoms with E-state index in [9.17, 15) is 4.79 Å². The second-order valence-corrected chi connectivity index (χ2v) is 7.20. The summed E-state index contributed by atoms with van der Waals surface area (Å²) in [7, 11) is 0. The van der Waals surface area contributed by atoms with Crippen molar-refractivity contribution >= 4 is 21.8 Å². The van der Waals surface area contributed by atoms with Crippen LogP contribution in [0.1, 0.15) is 41.6 Å². The Kier molecular flexibility index (Phi) is 4.65. The standard InChI is InChI=1S/C17H23BrN2O/c1-12-2-3-14(10-16(12)18)17(21)20(15-4-5-15)11-13-6-8-19-9-7-13/h2-3,10,13,15,19H,4-9,11H2,1H3. The second kappa shape index (κ2) is 6.49. The fraction of sp³-hybridized carbons (Fsp3) is 0.588. The van der Waals surface area contributed by atoms with Crippen molar-refractivity contribution in [2.75, 3.05) is 19.6 Å². The first-order valence-corrected chi connectivity index (χ1v) is 8.72. The first-order chi connectivity index (χ1) is 10.1. The van der Waals surface area contributed by atoms with Crippen LogP contribution in [0.3, 0.4) is 0 Å². The van der Waals surface area contributed by atoms with Gasteiger partial charge in [0.2, 0.25) is 0 Å². The first kappa shape index (κ1) is 15.0. The molecule has 1 aliphatic carbocycles. The molecule has 0 spiro atoms. The number of hydrogen-bond acceptors (Lipinski definition) is 2. The molecule has 1 saturated carbocycles. The highest BCUT2D eigenvalue weighted by Crippen LogP contribution is 2.31. The predicted molar refractivity (Wildman–Crippen MR) is 88.5 cm³/mol. The summed E-state index contributed by atoms with van der Waals surface area (Å²) in [6, 6.07) is 6.43. The van der Waals surface area contributed by atoms with Crippen molar-refractivity contribution in [1.29, 1.82) is 0 Å². The summed E-state index contributed by atoms with van der Waals surface area (Å²) in [5.41, 5.74) is 1.98. The Labute approximate surface area is 135 Å².